The van der Waals surface area contributed by atoms with Crippen molar-refractivity contribution in [2.45, 2.75) is 19.6 Å². The van der Waals surface area contributed by atoms with Gasteiger partial charge in [-0.25, -0.2) is 4.39 Å². The number of nitrogens with zero attached hydrogens (tertiary/aromatic N) is 2. The lowest BCUT2D eigenvalue weighted by Gasteiger charge is -2.11. The van der Waals surface area contributed by atoms with Crippen molar-refractivity contribution in [1.82, 2.24) is 9.78 Å². The van der Waals surface area contributed by atoms with Gasteiger partial charge in [0, 0.05) is 25.4 Å². The number of alkyl halides is 3. The Morgan fingerprint density at radius 1 is 1.30 bits per heavy atom. The summed E-state index contributed by atoms with van der Waals surface area (Å²) in [6, 6.07) is 2.29. The molecule has 7 heteroatoms. The van der Waals surface area contributed by atoms with E-state index in [2.05, 4.69) is 10.4 Å². The molecule has 0 fully saturated rings. The normalized spacial score (nSPS) is 11.7. The summed E-state index contributed by atoms with van der Waals surface area (Å²) in [4.78, 5) is 0. The molecule has 0 unspecified atom stereocenters. The smallest absolute Gasteiger partial charge is 0.378 e. The van der Waals surface area contributed by atoms with Crippen LogP contribution < -0.4 is 5.32 Å². The maximum atomic E-state index is 13.5. The standard InChI is InChI=1S/C13H13F4N3/c1-8-9(7-20(2)19-8)6-18-12-5-10(13(15,16)17)3-4-11(12)14/h3-5,7,18H,6H2,1-2H3. The van der Waals surface area contributed by atoms with Gasteiger partial charge in [0.25, 0.3) is 0 Å². The minimum Gasteiger partial charge on any atom is -0.378 e. The third-order valence-electron chi connectivity index (χ3n) is 2.88. The quantitative estimate of drug-likeness (QED) is 0.876. The van der Waals surface area contributed by atoms with E-state index >= 15 is 0 Å². The maximum absolute atomic E-state index is 13.5. The monoisotopic (exact) mass is 287 g/mol. The highest BCUT2D eigenvalue weighted by atomic mass is 19.4. The molecule has 20 heavy (non-hydrogen) atoms. The largest absolute Gasteiger partial charge is 0.416 e. The SMILES string of the molecule is Cc1nn(C)cc1CNc1cc(C(F)(F)F)ccc1F. The first kappa shape index (κ1) is 14.4. The summed E-state index contributed by atoms with van der Waals surface area (Å²) in [5.74, 6) is -0.723. The molecule has 0 atom stereocenters. The van der Waals surface area contributed by atoms with Crippen molar-refractivity contribution in [2.24, 2.45) is 7.05 Å². The summed E-state index contributed by atoms with van der Waals surface area (Å²) in [6.45, 7) is 1.98. The molecule has 0 aliphatic rings. The van der Waals surface area contributed by atoms with E-state index in [1.54, 1.807) is 24.9 Å². The van der Waals surface area contributed by atoms with Crippen molar-refractivity contribution in [2.75, 3.05) is 5.32 Å². The molecule has 0 aliphatic carbocycles. The molecule has 1 aromatic carbocycles. The Morgan fingerprint density at radius 2 is 2.00 bits per heavy atom. The molecule has 1 N–H and O–H groups in total. The fraction of sp³-hybridized carbons (Fsp3) is 0.308. The average Bonchev–Trinajstić information content (AvgIpc) is 2.65. The summed E-state index contributed by atoms with van der Waals surface area (Å²) in [5, 5.41) is 6.77. The summed E-state index contributed by atoms with van der Waals surface area (Å²) < 4.78 is 52.8. The second kappa shape index (κ2) is 5.15. The van der Waals surface area contributed by atoms with E-state index in [1.165, 1.54) is 0 Å². The Bertz CT molecular complexity index is 617. The lowest BCUT2D eigenvalue weighted by atomic mass is 10.1. The van der Waals surface area contributed by atoms with E-state index in [1.807, 2.05) is 0 Å². The van der Waals surface area contributed by atoms with Crippen molar-refractivity contribution < 1.29 is 17.6 Å². The zero-order chi connectivity index (χ0) is 14.9. The fourth-order valence-corrected chi connectivity index (χ4v) is 1.85. The highest BCUT2D eigenvalue weighted by Crippen LogP contribution is 2.31. The number of halogens is 4. The first-order valence-electron chi connectivity index (χ1n) is 5.87. The van der Waals surface area contributed by atoms with E-state index in [4.69, 9.17) is 0 Å². The second-order valence-electron chi connectivity index (χ2n) is 4.46. The summed E-state index contributed by atoms with van der Waals surface area (Å²) in [6.07, 6.45) is -2.76. The van der Waals surface area contributed by atoms with Crippen molar-refractivity contribution in [3.8, 4) is 0 Å². The number of anilines is 1. The van der Waals surface area contributed by atoms with Crippen LogP contribution in [0.1, 0.15) is 16.8 Å². The Hall–Kier alpha value is -2.05. The molecular weight excluding hydrogens is 274 g/mol. The van der Waals surface area contributed by atoms with E-state index in [-0.39, 0.29) is 12.2 Å². The number of benzene rings is 1. The van der Waals surface area contributed by atoms with Crippen molar-refractivity contribution >= 4 is 5.69 Å². The molecule has 1 heterocycles. The predicted octanol–water partition coefficient (Wildman–Crippen LogP) is 3.50. The molecular formula is C13H13F4N3. The predicted molar refractivity (Wildman–Crippen MR) is 66.7 cm³/mol. The topological polar surface area (TPSA) is 29.9 Å². The van der Waals surface area contributed by atoms with E-state index < -0.39 is 17.6 Å². The second-order valence-corrected chi connectivity index (χ2v) is 4.46. The van der Waals surface area contributed by atoms with Crippen LogP contribution in [-0.4, -0.2) is 9.78 Å². The zero-order valence-electron chi connectivity index (χ0n) is 10.9. The molecule has 0 spiro atoms. The zero-order valence-corrected chi connectivity index (χ0v) is 10.9. The van der Waals surface area contributed by atoms with Crippen LogP contribution in [-0.2, 0) is 19.8 Å². The molecule has 0 aliphatic heterocycles. The summed E-state index contributed by atoms with van der Waals surface area (Å²) >= 11 is 0. The van der Waals surface area contributed by atoms with Gasteiger partial charge in [0.2, 0.25) is 0 Å². The number of aromatic nitrogens is 2. The molecule has 108 valence electrons. The average molecular weight is 287 g/mol. The van der Waals surface area contributed by atoms with Gasteiger partial charge < -0.3 is 5.32 Å². The van der Waals surface area contributed by atoms with Gasteiger partial charge >= 0.3 is 6.18 Å². The molecule has 0 bridgehead atoms. The van der Waals surface area contributed by atoms with Crippen LogP contribution in [0, 0.1) is 12.7 Å². The number of hydrogen-bond donors (Lipinski definition) is 1. The number of rotatable bonds is 3. The molecule has 0 radical (unpaired) electrons. The Kier molecular flexibility index (Phi) is 3.69. The lowest BCUT2D eigenvalue weighted by molar-refractivity contribution is -0.137. The first-order chi connectivity index (χ1) is 9.27. The first-order valence-corrected chi connectivity index (χ1v) is 5.87. The van der Waals surface area contributed by atoms with Gasteiger partial charge in [-0.2, -0.15) is 18.3 Å². The third-order valence-corrected chi connectivity index (χ3v) is 2.88. The van der Waals surface area contributed by atoms with Crippen molar-refractivity contribution in [3.63, 3.8) is 0 Å². The molecule has 0 saturated heterocycles. The van der Waals surface area contributed by atoms with Crippen LogP contribution in [0.4, 0.5) is 23.2 Å². The molecule has 0 saturated carbocycles. The molecule has 3 nitrogen and oxygen atoms in total. The van der Waals surface area contributed by atoms with Gasteiger partial charge in [-0.05, 0) is 25.1 Å². The van der Waals surface area contributed by atoms with Gasteiger partial charge in [0.05, 0.1) is 16.9 Å². The Morgan fingerprint density at radius 3 is 2.55 bits per heavy atom. The van der Waals surface area contributed by atoms with E-state index in [0.717, 1.165) is 29.5 Å². The molecule has 1 aromatic heterocycles. The van der Waals surface area contributed by atoms with Gasteiger partial charge in [0.1, 0.15) is 5.82 Å². The number of nitrogens with one attached hydrogen (secondary N) is 1. The Balaban J connectivity index is 2.19. The highest BCUT2D eigenvalue weighted by molar-refractivity contribution is 5.48. The van der Waals surface area contributed by atoms with Crippen LogP contribution in [0.3, 0.4) is 0 Å². The van der Waals surface area contributed by atoms with E-state index in [9.17, 15) is 17.6 Å². The highest BCUT2D eigenvalue weighted by Gasteiger charge is 2.31. The van der Waals surface area contributed by atoms with Gasteiger partial charge in [-0.1, -0.05) is 0 Å². The summed E-state index contributed by atoms with van der Waals surface area (Å²) in [5.41, 5.74) is 0.476. The third kappa shape index (κ3) is 3.09. The molecule has 2 rings (SSSR count). The number of hydrogen-bond acceptors (Lipinski definition) is 2. The summed E-state index contributed by atoms with van der Waals surface area (Å²) in [7, 11) is 1.74. The Labute approximate surface area is 113 Å². The van der Waals surface area contributed by atoms with Crippen molar-refractivity contribution in [3.05, 3.63) is 47.0 Å². The minimum absolute atomic E-state index is 0.178. The van der Waals surface area contributed by atoms with Gasteiger partial charge in [-0.3, -0.25) is 4.68 Å². The molecule has 2 aromatic rings. The van der Waals surface area contributed by atoms with Crippen LogP contribution >= 0.6 is 0 Å². The van der Waals surface area contributed by atoms with E-state index in [0.29, 0.717) is 0 Å². The number of aryl methyl sites for hydroxylation is 2. The van der Waals surface area contributed by atoms with Crippen LogP contribution in [0.2, 0.25) is 0 Å². The van der Waals surface area contributed by atoms with Gasteiger partial charge in [-0.15, -0.1) is 0 Å². The van der Waals surface area contributed by atoms with Gasteiger partial charge in [0.15, 0.2) is 0 Å². The van der Waals surface area contributed by atoms with Crippen LogP contribution in [0.25, 0.3) is 0 Å². The maximum Gasteiger partial charge on any atom is 0.416 e. The fourth-order valence-electron chi connectivity index (χ4n) is 1.85. The lowest BCUT2D eigenvalue weighted by Crippen LogP contribution is -2.08. The van der Waals surface area contributed by atoms with Crippen LogP contribution in [0.15, 0.2) is 24.4 Å². The van der Waals surface area contributed by atoms with Crippen LogP contribution in [0.5, 0.6) is 0 Å². The minimum atomic E-state index is -4.49. The van der Waals surface area contributed by atoms with Crippen molar-refractivity contribution in [1.29, 1.82) is 0 Å². The molecule has 0 amide bonds.